The molecule has 4 rings (SSSR count). The maximum atomic E-state index is 13.1. The van der Waals surface area contributed by atoms with Crippen LogP contribution in [0.4, 0.5) is 11.5 Å². The lowest BCUT2D eigenvalue weighted by atomic mass is 10.1. The second-order valence-corrected chi connectivity index (χ2v) is 7.58. The number of fused-ring (bicyclic) bond motifs is 1. The molecule has 0 radical (unpaired) electrons. The normalized spacial score (nSPS) is 18.2. The molecule has 3 heterocycles. The average molecular weight is 410 g/mol. The first-order valence-corrected chi connectivity index (χ1v) is 10.2. The lowest BCUT2D eigenvalue weighted by molar-refractivity contribution is -0.117. The Morgan fingerprint density at radius 1 is 1.33 bits per heavy atom. The monoisotopic (exact) mass is 410 g/mol. The summed E-state index contributed by atoms with van der Waals surface area (Å²) in [5, 5.41) is 12.3. The third-order valence-corrected chi connectivity index (χ3v) is 5.71. The molecule has 8 heteroatoms. The second kappa shape index (κ2) is 8.71. The molecule has 2 amide bonds. The van der Waals surface area contributed by atoms with Gasteiger partial charge < -0.3 is 25.0 Å². The molecular formula is C22H26N4O4. The first-order valence-electron chi connectivity index (χ1n) is 10.2. The van der Waals surface area contributed by atoms with Gasteiger partial charge in [-0.3, -0.25) is 9.59 Å². The van der Waals surface area contributed by atoms with E-state index >= 15 is 0 Å². The summed E-state index contributed by atoms with van der Waals surface area (Å²) in [5.74, 6) is 1.16. The predicted molar refractivity (Wildman–Crippen MR) is 113 cm³/mol. The third-order valence-electron chi connectivity index (χ3n) is 5.71. The van der Waals surface area contributed by atoms with Crippen LogP contribution in [0.15, 0.2) is 36.5 Å². The van der Waals surface area contributed by atoms with Gasteiger partial charge in [0.2, 0.25) is 5.91 Å². The molecule has 1 atom stereocenters. The van der Waals surface area contributed by atoms with Crippen LogP contribution in [0.25, 0.3) is 0 Å². The summed E-state index contributed by atoms with van der Waals surface area (Å²) in [7, 11) is 1.61. The molecule has 1 saturated heterocycles. The lowest BCUT2D eigenvalue weighted by Gasteiger charge is -2.30. The summed E-state index contributed by atoms with van der Waals surface area (Å²) < 4.78 is 5.19. The van der Waals surface area contributed by atoms with E-state index in [9.17, 15) is 14.7 Å². The van der Waals surface area contributed by atoms with Crippen molar-refractivity contribution in [2.45, 2.75) is 31.8 Å². The number of anilines is 2. The van der Waals surface area contributed by atoms with Crippen LogP contribution in [-0.2, 0) is 11.3 Å². The molecule has 1 fully saturated rings. The van der Waals surface area contributed by atoms with Gasteiger partial charge in [-0.05, 0) is 43.0 Å². The molecule has 2 aromatic rings. The minimum Gasteiger partial charge on any atom is -0.497 e. The van der Waals surface area contributed by atoms with E-state index in [-0.39, 0.29) is 31.0 Å². The SMILES string of the molecule is COc1ccc(CN2C(=O)CNc3ncc(C(=O)N4CCCC4CCO)cc32)cc1. The van der Waals surface area contributed by atoms with Crippen molar-refractivity contribution >= 4 is 23.3 Å². The van der Waals surface area contributed by atoms with Crippen LogP contribution < -0.4 is 15.0 Å². The molecule has 2 aliphatic heterocycles. The van der Waals surface area contributed by atoms with Gasteiger partial charge in [0.1, 0.15) is 5.75 Å². The molecular weight excluding hydrogens is 384 g/mol. The Kier molecular flexibility index (Phi) is 5.85. The second-order valence-electron chi connectivity index (χ2n) is 7.58. The fourth-order valence-electron chi connectivity index (χ4n) is 4.11. The van der Waals surface area contributed by atoms with Crippen molar-refractivity contribution in [2.75, 3.05) is 37.0 Å². The smallest absolute Gasteiger partial charge is 0.255 e. The number of pyridine rings is 1. The number of hydrogen-bond acceptors (Lipinski definition) is 6. The Labute approximate surface area is 175 Å². The Hall–Kier alpha value is -3.13. The molecule has 0 spiro atoms. The van der Waals surface area contributed by atoms with Crippen molar-refractivity contribution in [1.82, 2.24) is 9.88 Å². The Bertz CT molecular complexity index is 931. The zero-order valence-corrected chi connectivity index (χ0v) is 17.0. The highest BCUT2D eigenvalue weighted by Gasteiger charge is 2.31. The summed E-state index contributed by atoms with van der Waals surface area (Å²) in [6.07, 6.45) is 3.96. The summed E-state index contributed by atoms with van der Waals surface area (Å²) in [6.45, 7) is 1.28. The molecule has 1 unspecified atom stereocenters. The Morgan fingerprint density at radius 3 is 2.87 bits per heavy atom. The minimum atomic E-state index is -0.108. The van der Waals surface area contributed by atoms with Crippen molar-refractivity contribution in [1.29, 1.82) is 0 Å². The maximum absolute atomic E-state index is 13.1. The maximum Gasteiger partial charge on any atom is 0.255 e. The van der Waals surface area contributed by atoms with Crippen LogP contribution in [0.3, 0.4) is 0 Å². The quantitative estimate of drug-likeness (QED) is 0.757. The van der Waals surface area contributed by atoms with Crippen LogP contribution in [0.1, 0.15) is 35.2 Å². The summed E-state index contributed by atoms with van der Waals surface area (Å²) >= 11 is 0. The molecule has 0 bridgehead atoms. The van der Waals surface area contributed by atoms with E-state index in [1.807, 2.05) is 29.2 Å². The van der Waals surface area contributed by atoms with Crippen LogP contribution >= 0.6 is 0 Å². The fourth-order valence-corrected chi connectivity index (χ4v) is 4.11. The van der Waals surface area contributed by atoms with Gasteiger partial charge in [-0.2, -0.15) is 0 Å². The number of aromatic nitrogens is 1. The number of carbonyl (C=O) groups excluding carboxylic acids is 2. The molecule has 2 N–H and O–H groups in total. The van der Waals surface area contributed by atoms with Gasteiger partial charge in [-0.15, -0.1) is 0 Å². The van der Waals surface area contributed by atoms with Crippen molar-refractivity contribution in [3.8, 4) is 5.75 Å². The number of methoxy groups -OCH3 is 1. The molecule has 2 aliphatic rings. The van der Waals surface area contributed by atoms with E-state index < -0.39 is 0 Å². The highest BCUT2D eigenvalue weighted by Crippen LogP contribution is 2.31. The van der Waals surface area contributed by atoms with Crippen molar-refractivity contribution in [3.63, 3.8) is 0 Å². The highest BCUT2D eigenvalue weighted by atomic mass is 16.5. The number of benzene rings is 1. The van der Waals surface area contributed by atoms with Crippen LogP contribution in [0.2, 0.25) is 0 Å². The van der Waals surface area contributed by atoms with Gasteiger partial charge >= 0.3 is 0 Å². The number of carbonyl (C=O) groups is 2. The van der Waals surface area contributed by atoms with Gasteiger partial charge in [-0.25, -0.2) is 4.98 Å². The zero-order valence-electron chi connectivity index (χ0n) is 17.0. The summed E-state index contributed by atoms with van der Waals surface area (Å²) in [4.78, 5) is 33.6. The summed E-state index contributed by atoms with van der Waals surface area (Å²) in [5.41, 5.74) is 2.01. The van der Waals surface area contributed by atoms with Gasteiger partial charge in [0.15, 0.2) is 5.82 Å². The fraction of sp³-hybridized carbons (Fsp3) is 0.409. The van der Waals surface area contributed by atoms with E-state index in [0.717, 1.165) is 24.2 Å². The summed E-state index contributed by atoms with van der Waals surface area (Å²) in [6, 6.07) is 9.34. The van der Waals surface area contributed by atoms with E-state index in [2.05, 4.69) is 10.3 Å². The molecule has 8 nitrogen and oxygen atoms in total. The molecule has 0 aliphatic carbocycles. The van der Waals surface area contributed by atoms with Crippen LogP contribution in [0, 0.1) is 0 Å². The lowest BCUT2D eigenvalue weighted by Crippen LogP contribution is -2.40. The number of hydrogen-bond donors (Lipinski definition) is 2. The topological polar surface area (TPSA) is 95.0 Å². The zero-order chi connectivity index (χ0) is 21.1. The number of ether oxygens (including phenoxy) is 1. The third kappa shape index (κ3) is 3.95. The number of rotatable bonds is 6. The van der Waals surface area contributed by atoms with Crippen molar-refractivity contribution in [2.24, 2.45) is 0 Å². The number of aliphatic hydroxyl groups is 1. The Balaban J connectivity index is 1.60. The number of aliphatic hydroxyl groups excluding tert-OH is 1. The molecule has 30 heavy (non-hydrogen) atoms. The van der Waals surface area contributed by atoms with E-state index in [0.29, 0.717) is 36.6 Å². The standard InChI is InChI=1S/C22H26N4O4/c1-30-18-6-4-15(5-7-18)14-26-19-11-16(12-23-21(19)24-13-20(26)28)22(29)25-9-2-3-17(25)8-10-27/h4-7,11-12,17,27H,2-3,8-10,13-14H2,1H3,(H,23,24). The molecule has 158 valence electrons. The van der Waals surface area contributed by atoms with E-state index in [1.54, 1.807) is 24.3 Å². The van der Waals surface area contributed by atoms with E-state index in [1.165, 1.54) is 0 Å². The predicted octanol–water partition coefficient (Wildman–Crippen LogP) is 2.04. The highest BCUT2D eigenvalue weighted by molar-refractivity contribution is 6.04. The average Bonchev–Trinajstić information content (AvgIpc) is 3.24. The Morgan fingerprint density at radius 2 is 2.13 bits per heavy atom. The molecule has 1 aromatic carbocycles. The van der Waals surface area contributed by atoms with Crippen LogP contribution in [0.5, 0.6) is 5.75 Å². The van der Waals surface area contributed by atoms with Crippen LogP contribution in [-0.4, -0.2) is 59.7 Å². The van der Waals surface area contributed by atoms with E-state index in [4.69, 9.17) is 4.74 Å². The molecule has 1 aromatic heterocycles. The molecule has 0 saturated carbocycles. The number of nitrogens with one attached hydrogen (secondary N) is 1. The van der Waals surface area contributed by atoms with Crippen molar-refractivity contribution in [3.05, 3.63) is 47.7 Å². The number of nitrogens with zero attached hydrogens (tertiary/aromatic N) is 3. The number of likely N-dealkylation sites (tertiary alicyclic amines) is 1. The number of amides is 2. The van der Waals surface area contributed by atoms with Gasteiger partial charge in [0.05, 0.1) is 31.5 Å². The van der Waals surface area contributed by atoms with Gasteiger partial charge in [0.25, 0.3) is 5.91 Å². The largest absolute Gasteiger partial charge is 0.497 e. The van der Waals surface area contributed by atoms with Gasteiger partial charge in [0, 0.05) is 25.4 Å². The van der Waals surface area contributed by atoms with Gasteiger partial charge in [-0.1, -0.05) is 12.1 Å². The minimum absolute atomic E-state index is 0.0497. The van der Waals surface area contributed by atoms with Crippen molar-refractivity contribution < 1.29 is 19.4 Å². The first-order chi connectivity index (χ1) is 14.6. The first kappa shape index (κ1) is 20.2.